The molecule has 2 bridgehead atoms. The van der Waals surface area contributed by atoms with Crippen molar-refractivity contribution in [2.75, 3.05) is 20.2 Å². The number of rotatable bonds is 4. The molecule has 126 valence electrons. The number of nitrogens with two attached hydrogens (primary N) is 1. The summed E-state index contributed by atoms with van der Waals surface area (Å²) in [7, 11) is 1.69. The van der Waals surface area contributed by atoms with Crippen LogP contribution in [0.25, 0.3) is 10.9 Å². The molecule has 5 atom stereocenters. The van der Waals surface area contributed by atoms with Gasteiger partial charge < -0.3 is 10.5 Å². The standard InChI is InChI=1S/C20H25N3O/c1-3-13-12-23-9-7-14(13)10-19(23)20(21)16-6-8-22-18-5-4-15(24-2)11-17(16)18/h3-6,8,11,13-14,19-20H,1,7,9-10,12,21H2,2H3/t13?,14-,19-,20-/m1/s1. The lowest BCUT2D eigenvalue weighted by atomic mass is 9.73. The van der Waals surface area contributed by atoms with Crippen molar-refractivity contribution in [3.05, 3.63) is 48.7 Å². The first-order valence-corrected chi connectivity index (χ1v) is 8.76. The summed E-state index contributed by atoms with van der Waals surface area (Å²) < 4.78 is 5.39. The number of hydrogen-bond acceptors (Lipinski definition) is 4. The minimum atomic E-state index is -0.00354. The lowest BCUT2D eigenvalue weighted by molar-refractivity contribution is 0.00749. The topological polar surface area (TPSA) is 51.4 Å². The quantitative estimate of drug-likeness (QED) is 0.878. The van der Waals surface area contributed by atoms with Crippen molar-refractivity contribution in [1.82, 2.24) is 9.88 Å². The summed E-state index contributed by atoms with van der Waals surface area (Å²) >= 11 is 0. The minimum Gasteiger partial charge on any atom is -0.497 e. The normalized spacial score (nSPS) is 30.2. The van der Waals surface area contributed by atoms with Crippen LogP contribution < -0.4 is 10.5 Å². The average molecular weight is 323 g/mol. The Morgan fingerprint density at radius 2 is 2.29 bits per heavy atom. The molecular weight excluding hydrogens is 298 g/mol. The number of fused-ring (bicyclic) bond motifs is 4. The van der Waals surface area contributed by atoms with Gasteiger partial charge in [0.25, 0.3) is 0 Å². The highest BCUT2D eigenvalue weighted by Gasteiger charge is 2.41. The summed E-state index contributed by atoms with van der Waals surface area (Å²) in [5.41, 5.74) is 8.91. The first kappa shape index (κ1) is 15.6. The lowest BCUT2D eigenvalue weighted by Crippen LogP contribution is -2.56. The third-order valence-corrected chi connectivity index (χ3v) is 5.91. The molecule has 2 aromatic rings. The third-order valence-electron chi connectivity index (χ3n) is 5.91. The van der Waals surface area contributed by atoms with Gasteiger partial charge in [-0.1, -0.05) is 6.08 Å². The molecule has 2 unspecified atom stereocenters. The number of hydrogen-bond donors (Lipinski definition) is 1. The predicted octanol–water partition coefficient (Wildman–Crippen LogP) is 3.14. The average Bonchev–Trinajstić information content (AvgIpc) is 2.66. The highest BCUT2D eigenvalue weighted by molar-refractivity contribution is 5.84. The molecule has 3 fully saturated rings. The fraction of sp³-hybridized carbons (Fsp3) is 0.450. The number of benzene rings is 1. The van der Waals surface area contributed by atoms with E-state index in [0.29, 0.717) is 12.0 Å². The van der Waals surface area contributed by atoms with Gasteiger partial charge in [0.2, 0.25) is 0 Å². The maximum atomic E-state index is 6.76. The zero-order chi connectivity index (χ0) is 16.7. The van der Waals surface area contributed by atoms with Crippen molar-refractivity contribution in [1.29, 1.82) is 0 Å². The van der Waals surface area contributed by atoms with E-state index in [1.54, 1.807) is 7.11 Å². The van der Waals surface area contributed by atoms with Gasteiger partial charge in [-0.15, -0.1) is 6.58 Å². The van der Waals surface area contributed by atoms with Crippen LogP contribution in [0.4, 0.5) is 0 Å². The van der Waals surface area contributed by atoms with Crippen molar-refractivity contribution in [2.45, 2.75) is 24.9 Å². The number of methoxy groups -OCH3 is 1. The monoisotopic (exact) mass is 323 g/mol. The number of nitrogens with zero attached hydrogens (tertiary/aromatic N) is 2. The van der Waals surface area contributed by atoms with E-state index in [9.17, 15) is 0 Å². The van der Waals surface area contributed by atoms with E-state index in [-0.39, 0.29) is 6.04 Å². The van der Waals surface area contributed by atoms with Crippen molar-refractivity contribution in [3.8, 4) is 5.75 Å². The molecule has 4 heteroatoms. The van der Waals surface area contributed by atoms with Crippen molar-refractivity contribution >= 4 is 10.9 Å². The Kier molecular flexibility index (Phi) is 4.02. The van der Waals surface area contributed by atoms with E-state index in [2.05, 4.69) is 34.7 Å². The van der Waals surface area contributed by atoms with E-state index in [0.717, 1.165) is 42.1 Å². The van der Waals surface area contributed by atoms with Crippen LogP contribution in [0.1, 0.15) is 24.4 Å². The molecule has 0 aliphatic carbocycles. The van der Waals surface area contributed by atoms with Crippen LogP contribution in [0.15, 0.2) is 43.1 Å². The van der Waals surface area contributed by atoms with Gasteiger partial charge >= 0.3 is 0 Å². The van der Waals surface area contributed by atoms with Gasteiger partial charge in [0.05, 0.1) is 12.6 Å². The van der Waals surface area contributed by atoms with E-state index in [1.165, 1.54) is 12.0 Å². The Bertz CT molecular complexity index is 760. The fourth-order valence-electron chi connectivity index (χ4n) is 4.52. The summed E-state index contributed by atoms with van der Waals surface area (Å²) in [5, 5.41) is 1.10. The molecule has 3 saturated heterocycles. The largest absolute Gasteiger partial charge is 0.497 e. The summed E-state index contributed by atoms with van der Waals surface area (Å²) in [5.74, 6) is 2.20. The Hall–Kier alpha value is -1.91. The van der Waals surface area contributed by atoms with Gasteiger partial charge in [0, 0.05) is 30.2 Å². The second-order valence-electron chi connectivity index (χ2n) is 7.06. The van der Waals surface area contributed by atoms with Crippen LogP contribution >= 0.6 is 0 Å². The van der Waals surface area contributed by atoms with Gasteiger partial charge in [0.15, 0.2) is 0 Å². The van der Waals surface area contributed by atoms with Crippen LogP contribution in [0.3, 0.4) is 0 Å². The smallest absolute Gasteiger partial charge is 0.119 e. The Morgan fingerprint density at radius 1 is 1.42 bits per heavy atom. The van der Waals surface area contributed by atoms with Gasteiger partial charge in [-0.2, -0.15) is 0 Å². The number of ether oxygens (including phenoxy) is 1. The maximum Gasteiger partial charge on any atom is 0.119 e. The second-order valence-corrected chi connectivity index (χ2v) is 7.06. The zero-order valence-electron chi connectivity index (χ0n) is 14.2. The molecule has 0 radical (unpaired) electrons. The van der Waals surface area contributed by atoms with E-state index in [1.807, 2.05) is 18.3 Å². The third kappa shape index (κ3) is 2.50. The molecule has 4 heterocycles. The first-order valence-electron chi connectivity index (χ1n) is 8.76. The van der Waals surface area contributed by atoms with Crippen molar-refractivity contribution in [2.24, 2.45) is 17.6 Å². The highest BCUT2D eigenvalue weighted by Crippen LogP contribution is 2.41. The fourth-order valence-corrected chi connectivity index (χ4v) is 4.52. The molecule has 24 heavy (non-hydrogen) atoms. The predicted molar refractivity (Wildman–Crippen MR) is 97.0 cm³/mol. The molecule has 3 aliphatic rings. The summed E-state index contributed by atoms with van der Waals surface area (Å²) in [6.07, 6.45) is 6.43. The Morgan fingerprint density at radius 3 is 3.00 bits per heavy atom. The zero-order valence-corrected chi connectivity index (χ0v) is 14.2. The summed E-state index contributed by atoms with van der Waals surface area (Å²) in [6, 6.07) is 8.48. The summed E-state index contributed by atoms with van der Waals surface area (Å²) in [6.45, 7) is 6.26. The molecule has 4 nitrogen and oxygen atoms in total. The van der Waals surface area contributed by atoms with E-state index in [4.69, 9.17) is 10.5 Å². The van der Waals surface area contributed by atoms with Gasteiger partial charge in [0.1, 0.15) is 5.75 Å². The number of pyridine rings is 1. The molecule has 5 rings (SSSR count). The molecular formula is C20H25N3O. The molecule has 3 aliphatic heterocycles. The molecule has 1 aromatic heterocycles. The van der Waals surface area contributed by atoms with E-state index >= 15 is 0 Å². The number of piperidine rings is 3. The molecule has 1 aromatic carbocycles. The first-order chi connectivity index (χ1) is 11.7. The summed E-state index contributed by atoms with van der Waals surface area (Å²) in [4.78, 5) is 7.04. The Balaban J connectivity index is 1.69. The maximum absolute atomic E-state index is 6.76. The molecule has 0 saturated carbocycles. The molecule has 0 spiro atoms. The van der Waals surface area contributed by atoms with Crippen LogP contribution in [-0.4, -0.2) is 36.1 Å². The van der Waals surface area contributed by atoms with E-state index < -0.39 is 0 Å². The van der Waals surface area contributed by atoms with Crippen molar-refractivity contribution < 1.29 is 4.74 Å². The number of aromatic nitrogens is 1. The second kappa shape index (κ2) is 6.19. The van der Waals surface area contributed by atoms with Gasteiger partial charge in [-0.25, -0.2) is 0 Å². The minimum absolute atomic E-state index is 0.00354. The van der Waals surface area contributed by atoms with Gasteiger partial charge in [-0.3, -0.25) is 9.88 Å². The Labute approximate surface area is 143 Å². The lowest BCUT2D eigenvalue weighted by Gasteiger charge is -2.51. The van der Waals surface area contributed by atoms with Crippen LogP contribution in [-0.2, 0) is 0 Å². The van der Waals surface area contributed by atoms with Crippen LogP contribution in [0.2, 0.25) is 0 Å². The van der Waals surface area contributed by atoms with Gasteiger partial charge in [-0.05, 0) is 61.1 Å². The molecule has 2 N–H and O–H groups in total. The molecule has 0 amide bonds. The SMILES string of the molecule is C=CC1CN2CC[C@@H]1C[C@@H]2[C@H](N)c1ccnc2ccc(OC)cc12. The highest BCUT2D eigenvalue weighted by atomic mass is 16.5. The van der Waals surface area contributed by atoms with Crippen LogP contribution in [0.5, 0.6) is 5.75 Å². The van der Waals surface area contributed by atoms with Crippen molar-refractivity contribution in [3.63, 3.8) is 0 Å². The van der Waals surface area contributed by atoms with Crippen LogP contribution in [0, 0.1) is 11.8 Å².